The standard InChI is InChI=1S/C11H17F2NO4/c12-9(13)6-18-5-4-14-10(15)7-2-1-3-8(7)11(16)17/h7-9H,1-6H2,(H,14,15)(H,16,17)/t7-,8+/m1/s1. The zero-order valence-corrected chi connectivity index (χ0v) is 9.90. The molecule has 1 aliphatic rings. The van der Waals surface area contributed by atoms with Crippen LogP contribution in [0.2, 0.25) is 0 Å². The van der Waals surface area contributed by atoms with Gasteiger partial charge < -0.3 is 15.2 Å². The predicted octanol–water partition coefficient (Wildman–Crippen LogP) is 0.885. The van der Waals surface area contributed by atoms with Crippen LogP contribution in [0.1, 0.15) is 19.3 Å². The summed E-state index contributed by atoms with van der Waals surface area (Å²) in [6.07, 6.45) is -0.737. The molecule has 18 heavy (non-hydrogen) atoms. The Morgan fingerprint density at radius 1 is 1.33 bits per heavy atom. The van der Waals surface area contributed by atoms with Crippen LogP contribution in [0.15, 0.2) is 0 Å². The number of ether oxygens (including phenoxy) is 1. The van der Waals surface area contributed by atoms with Gasteiger partial charge in [-0.05, 0) is 12.8 Å². The number of alkyl halides is 2. The van der Waals surface area contributed by atoms with E-state index in [1.54, 1.807) is 0 Å². The summed E-state index contributed by atoms with van der Waals surface area (Å²) in [5.41, 5.74) is 0. The van der Waals surface area contributed by atoms with Gasteiger partial charge in [-0.1, -0.05) is 6.42 Å². The monoisotopic (exact) mass is 265 g/mol. The van der Waals surface area contributed by atoms with Gasteiger partial charge in [0.2, 0.25) is 5.91 Å². The van der Waals surface area contributed by atoms with Crippen LogP contribution in [0, 0.1) is 11.8 Å². The quantitative estimate of drug-likeness (QED) is 0.670. The van der Waals surface area contributed by atoms with E-state index in [2.05, 4.69) is 10.1 Å². The van der Waals surface area contributed by atoms with Crippen LogP contribution in [0.3, 0.4) is 0 Å². The summed E-state index contributed by atoms with van der Waals surface area (Å²) < 4.78 is 28.1. The van der Waals surface area contributed by atoms with Gasteiger partial charge in [-0.3, -0.25) is 9.59 Å². The minimum atomic E-state index is -2.52. The van der Waals surface area contributed by atoms with Crippen LogP contribution in [0.4, 0.5) is 8.78 Å². The number of carbonyl (C=O) groups is 2. The number of hydrogen-bond acceptors (Lipinski definition) is 3. The van der Waals surface area contributed by atoms with E-state index in [0.29, 0.717) is 12.8 Å². The second-order valence-corrected chi connectivity index (χ2v) is 4.24. The smallest absolute Gasteiger partial charge is 0.307 e. The van der Waals surface area contributed by atoms with E-state index in [9.17, 15) is 18.4 Å². The van der Waals surface area contributed by atoms with E-state index in [1.807, 2.05) is 0 Å². The highest BCUT2D eigenvalue weighted by molar-refractivity contribution is 5.85. The summed E-state index contributed by atoms with van der Waals surface area (Å²) in [5, 5.41) is 11.4. The fourth-order valence-electron chi connectivity index (χ4n) is 2.12. The first kappa shape index (κ1) is 14.8. The Labute approximate surface area is 103 Å². The molecule has 1 fully saturated rings. The van der Waals surface area contributed by atoms with Crippen molar-refractivity contribution >= 4 is 11.9 Å². The average molecular weight is 265 g/mol. The van der Waals surface area contributed by atoms with Crippen molar-refractivity contribution in [2.24, 2.45) is 11.8 Å². The summed E-state index contributed by atoms with van der Waals surface area (Å²) in [6.45, 7) is -0.536. The van der Waals surface area contributed by atoms with Crippen molar-refractivity contribution in [1.29, 1.82) is 0 Å². The van der Waals surface area contributed by atoms with E-state index < -0.39 is 30.8 Å². The number of halogens is 2. The van der Waals surface area contributed by atoms with Gasteiger partial charge in [-0.15, -0.1) is 0 Å². The van der Waals surface area contributed by atoms with E-state index >= 15 is 0 Å². The molecule has 0 aromatic heterocycles. The molecule has 0 unspecified atom stereocenters. The van der Waals surface area contributed by atoms with Crippen LogP contribution >= 0.6 is 0 Å². The molecule has 0 aliphatic heterocycles. The Morgan fingerprint density at radius 2 is 2.00 bits per heavy atom. The molecule has 0 saturated heterocycles. The number of carboxylic acids is 1. The zero-order chi connectivity index (χ0) is 13.5. The highest BCUT2D eigenvalue weighted by Crippen LogP contribution is 2.31. The first-order valence-electron chi connectivity index (χ1n) is 5.88. The van der Waals surface area contributed by atoms with Crippen LogP contribution in [-0.2, 0) is 14.3 Å². The summed E-state index contributed by atoms with van der Waals surface area (Å²) in [4.78, 5) is 22.6. The summed E-state index contributed by atoms with van der Waals surface area (Å²) in [7, 11) is 0. The molecule has 2 N–H and O–H groups in total. The van der Waals surface area contributed by atoms with Crippen molar-refractivity contribution in [2.45, 2.75) is 25.7 Å². The van der Waals surface area contributed by atoms with Crippen LogP contribution in [-0.4, -0.2) is 43.2 Å². The van der Waals surface area contributed by atoms with Crippen molar-refractivity contribution in [2.75, 3.05) is 19.8 Å². The molecule has 1 rings (SSSR count). The number of amides is 1. The average Bonchev–Trinajstić information content (AvgIpc) is 2.76. The van der Waals surface area contributed by atoms with Gasteiger partial charge in [0, 0.05) is 6.54 Å². The molecular formula is C11H17F2NO4. The van der Waals surface area contributed by atoms with Gasteiger partial charge in [0.15, 0.2) is 0 Å². The Balaban J connectivity index is 2.22. The zero-order valence-electron chi connectivity index (χ0n) is 9.90. The highest BCUT2D eigenvalue weighted by atomic mass is 19.3. The molecule has 1 aliphatic carbocycles. The Morgan fingerprint density at radius 3 is 2.61 bits per heavy atom. The molecule has 0 aromatic carbocycles. The van der Waals surface area contributed by atoms with Crippen LogP contribution in [0.5, 0.6) is 0 Å². The maximum atomic E-state index is 11.7. The van der Waals surface area contributed by atoms with Gasteiger partial charge >= 0.3 is 5.97 Å². The molecule has 2 atom stereocenters. The number of rotatable bonds is 7. The summed E-state index contributed by atoms with van der Waals surface area (Å²) in [5.74, 6) is -2.44. The van der Waals surface area contributed by atoms with E-state index in [4.69, 9.17) is 5.11 Å². The van der Waals surface area contributed by atoms with Crippen molar-refractivity contribution in [3.05, 3.63) is 0 Å². The van der Waals surface area contributed by atoms with Gasteiger partial charge in [0.25, 0.3) is 6.43 Å². The van der Waals surface area contributed by atoms with Crippen molar-refractivity contribution < 1.29 is 28.2 Å². The third kappa shape index (κ3) is 4.56. The molecule has 0 spiro atoms. The Bertz CT molecular complexity index is 299. The number of hydrogen-bond donors (Lipinski definition) is 2. The maximum Gasteiger partial charge on any atom is 0.307 e. The molecule has 1 saturated carbocycles. The minimum absolute atomic E-state index is 0.000534. The van der Waals surface area contributed by atoms with Crippen molar-refractivity contribution in [3.8, 4) is 0 Å². The van der Waals surface area contributed by atoms with Crippen molar-refractivity contribution in [1.82, 2.24) is 5.32 Å². The third-order valence-corrected chi connectivity index (χ3v) is 2.96. The lowest BCUT2D eigenvalue weighted by molar-refractivity contribution is -0.146. The molecule has 0 heterocycles. The fraction of sp³-hybridized carbons (Fsp3) is 0.818. The number of nitrogens with one attached hydrogen (secondary N) is 1. The van der Waals surface area contributed by atoms with Crippen LogP contribution in [0.25, 0.3) is 0 Å². The van der Waals surface area contributed by atoms with E-state index in [0.717, 1.165) is 6.42 Å². The second kappa shape index (κ2) is 7.25. The predicted molar refractivity (Wildman–Crippen MR) is 58.3 cm³/mol. The van der Waals surface area contributed by atoms with Gasteiger partial charge in [0.05, 0.1) is 18.4 Å². The number of aliphatic carboxylic acids is 1. The van der Waals surface area contributed by atoms with Gasteiger partial charge in [0.1, 0.15) is 6.61 Å². The van der Waals surface area contributed by atoms with E-state index in [-0.39, 0.29) is 19.1 Å². The first-order valence-corrected chi connectivity index (χ1v) is 5.88. The van der Waals surface area contributed by atoms with Gasteiger partial charge in [-0.2, -0.15) is 0 Å². The molecular weight excluding hydrogens is 248 g/mol. The number of carbonyl (C=O) groups excluding carboxylic acids is 1. The van der Waals surface area contributed by atoms with Crippen LogP contribution < -0.4 is 5.32 Å². The van der Waals surface area contributed by atoms with Gasteiger partial charge in [-0.25, -0.2) is 8.78 Å². The third-order valence-electron chi connectivity index (χ3n) is 2.96. The minimum Gasteiger partial charge on any atom is -0.481 e. The lowest BCUT2D eigenvalue weighted by Crippen LogP contribution is -2.37. The molecule has 0 aromatic rings. The SMILES string of the molecule is O=C(O)[C@H]1CCC[C@H]1C(=O)NCCOCC(F)F. The summed E-state index contributed by atoms with van der Waals surface area (Å²) >= 11 is 0. The molecule has 1 amide bonds. The lowest BCUT2D eigenvalue weighted by atomic mass is 9.95. The molecule has 7 heteroatoms. The Hall–Kier alpha value is -1.24. The molecule has 0 bridgehead atoms. The molecule has 104 valence electrons. The van der Waals surface area contributed by atoms with E-state index in [1.165, 1.54) is 0 Å². The molecule has 0 radical (unpaired) electrons. The second-order valence-electron chi connectivity index (χ2n) is 4.24. The normalized spacial score (nSPS) is 23.3. The summed E-state index contributed by atoms with van der Waals surface area (Å²) in [6, 6.07) is 0. The Kier molecular flexibility index (Phi) is 5.97. The first-order chi connectivity index (χ1) is 8.52. The maximum absolute atomic E-state index is 11.7. The highest BCUT2D eigenvalue weighted by Gasteiger charge is 2.37. The fourth-order valence-corrected chi connectivity index (χ4v) is 2.12. The topological polar surface area (TPSA) is 75.6 Å². The number of carboxylic acid groups (broad SMARTS) is 1. The van der Waals surface area contributed by atoms with Crippen molar-refractivity contribution in [3.63, 3.8) is 0 Å². The lowest BCUT2D eigenvalue weighted by Gasteiger charge is -2.15. The molecule has 5 nitrogen and oxygen atoms in total. The largest absolute Gasteiger partial charge is 0.481 e.